The number of likely N-dealkylation sites (tertiary alicyclic amines) is 1. The molecule has 0 aromatic carbocycles. The van der Waals surface area contributed by atoms with E-state index in [2.05, 4.69) is 0 Å². The van der Waals surface area contributed by atoms with Crippen LogP contribution in [0.2, 0.25) is 0 Å². The first kappa shape index (κ1) is 14.7. The Hall–Kier alpha value is -0.690. The van der Waals surface area contributed by atoms with Crippen LogP contribution in [0.5, 0.6) is 0 Å². The molecule has 1 heterocycles. The van der Waals surface area contributed by atoms with Crippen LogP contribution in [-0.2, 0) is 15.0 Å². The van der Waals surface area contributed by atoms with Gasteiger partial charge in [0.25, 0.3) is 0 Å². The number of halogens is 1. The van der Waals surface area contributed by atoms with Gasteiger partial charge in [0, 0.05) is 19.5 Å². The third-order valence-electron chi connectivity index (χ3n) is 4.28. The van der Waals surface area contributed by atoms with Crippen LogP contribution in [0.25, 0.3) is 0 Å². The van der Waals surface area contributed by atoms with Crippen molar-refractivity contribution >= 4 is 16.1 Å². The van der Waals surface area contributed by atoms with Crippen LogP contribution < -0.4 is 5.73 Å². The van der Waals surface area contributed by atoms with Crippen molar-refractivity contribution in [2.45, 2.75) is 37.4 Å². The molecule has 19 heavy (non-hydrogen) atoms. The molecule has 2 fully saturated rings. The van der Waals surface area contributed by atoms with E-state index < -0.39 is 15.5 Å². The van der Waals surface area contributed by atoms with Crippen molar-refractivity contribution in [3.05, 3.63) is 0 Å². The Labute approximate surface area is 113 Å². The van der Waals surface area contributed by atoms with Crippen LogP contribution >= 0.6 is 0 Å². The van der Waals surface area contributed by atoms with Crippen LogP contribution in [0, 0.1) is 11.8 Å². The zero-order valence-corrected chi connectivity index (χ0v) is 11.7. The van der Waals surface area contributed by atoms with Crippen LogP contribution in [0.3, 0.4) is 0 Å². The number of carbonyl (C=O) groups is 1. The molecule has 0 bridgehead atoms. The summed E-state index contributed by atoms with van der Waals surface area (Å²) >= 11 is 0. The lowest BCUT2D eigenvalue weighted by atomic mass is 9.81. The molecule has 7 heteroatoms. The fourth-order valence-corrected chi connectivity index (χ4v) is 3.89. The molecule has 3 atom stereocenters. The largest absolute Gasteiger partial charge is 0.341 e. The van der Waals surface area contributed by atoms with Gasteiger partial charge in [-0.25, -0.2) is 0 Å². The summed E-state index contributed by atoms with van der Waals surface area (Å²) in [6.45, 7) is 1.20. The Bertz CT molecular complexity index is 440. The maximum Gasteiger partial charge on any atom is 0.307 e. The molecule has 5 nitrogen and oxygen atoms in total. The van der Waals surface area contributed by atoms with Gasteiger partial charge in [0.15, 0.2) is 0 Å². The van der Waals surface area contributed by atoms with Gasteiger partial charge in [-0.1, -0.05) is 6.42 Å². The third kappa shape index (κ3) is 3.66. The van der Waals surface area contributed by atoms with Gasteiger partial charge in [-0.2, -0.15) is 8.42 Å². The minimum atomic E-state index is -4.61. The van der Waals surface area contributed by atoms with E-state index >= 15 is 0 Å². The first-order valence-electron chi connectivity index (χ1n) is 6.81. The van der Waals surface area contributed by atoms with E-state index in [1.54, 1.807) is 0 Å². The molecule has 0 spiro atoms. The van der Waals surface area contributed by atoms with Crippen LogP contribution in [0.15, 0.2) is 0 Å². The van der Waals surface area contributed by atoms with Crippen LogP contribution in [-0.4, -0.2) is 44.1 Å². The zero-order valence-electron chi connectivity index (χ0n) is 10.9. The smallest absolute Gasteiger partial charge is 0.307 e. The number of amides is 1. The second kappa shape index (κ2) is 5.75. The molecular formula is C12H21FN2O3S. The fourth-order valence-electron chi connectivity index (χ4n) is 3.19. The Kier molecular flexibility index (Phi) is 4.45. The summed E-state index contributed by atoms with van der Waals surface area (Å²) in [5.41, 5.74) is 5.67. The fraction of sp³-hybridized carbons (Fsp3) is 0.917. The van der Waals surface area contributed by atoms with E-state index in [0.717, 1.165) is 25.7 Å². The molecule has 1 unspecified atom stereocenters. The average molecular weight is 292 g/mol. The Morgan fingerprint density at radius 1 is 1.32 bits per heavy atom. The molecule has 110 valence electrons. The molecule has 2 rings (SSSR count). The highest BCUT2D eigenvalue weighted by Gasteiger charge is 2.39. The van der Waals surface area contributed by atoms with E-state index in [1.807, 2.05) is 0 Å². The van der Waals surface area contributed by atoms with Crippen molar-refractivity contribution in [3.63, 3.8) is 0 Å². The summed E-state index contributed by atoms with van der Waals surface area (Å²) in [5, 5.41) is -1.17. The van der Waals surface area contributed by atoms with Gasteiger partial charge in [-0.15, -0.1) is 3.89 Å². The number of hydrogen-bond donors (Lipinski definition) is 1. The third-order valence-corrected chi connectivity index (χ3v) is 5.39. The van der Waals surface area contributed by atoms with E-state index in [9.17, 15) is 17.1 Å². The van der Waals surface area contributed by atoms with Crippen LogP contribution in [0.1, 0.15) is 32.1 Å². The maximum atomic E-state index is 12.9. The number of rotatable bonds is 4. The lowest BCUT2D eigenvalue weighted by Gasteiger charge is -2.31. The van der Waals surface area contributed by atoms with Gasteiger partial charge in [0.1, 0.15) is 5.25 Å². The monoisotopic (exact) mass is 292 g/mol. The summed E-state index contributed by atoms with van der Waals surface area (Å²) < 4.78 is 34.6. The highest BCUT2D eigenvalue weighted by atomic mass is 32.3. The second-order valence-corrected chi connectivity index (χ2v) is 7.35. The summed E-state index contributed by atoms with van der Waals surface area (Å²) in [4.78, 5) is 13.2. The highest BCUT2D eigenvalue weighted by Crippen LogP contribution is 2.30. The molecule has 0 radical (unpaired) electrons. The van der Waals surface area contributed by atoms with E-state index in [4.69, 9.17) is 5.73 Å². The minimum Gasteiger partial charge on any atom is -0.341 e. The predicted molar refractivity (Wildman–Crippen MR) is 69.5 cm³/mol. The minimum absolute atomic E-state index is 0.00145. The molecule has 1 aliphatic carbocycles. The van der Waals surface area contributed by atoms with Gasteiger partial charge in [0.05, 0.1) is 0 Å². The van der Waals surface area contributed by atoms with Crippen LogP contribution in [0.4, 0.5) is 3.89 Å². The Morgan fingerprint density at radius 2 is 2.00 bits per heavy atom. The van der Waals surface area contributed by atoms with E-state index in [0.29, 0.717) is 24.9 Å². The zero-order chi connectivity index (χ0) is 14.0. The number of carbonyl (C=O) groups excluding carboxylic acids is 1. The van der Waals surface area contributed by atoms with Crippen molar-refractivity contribution < 1.29 is 17.1 Å². The van der Waals surface area contributed by atoms with Crippen molar-refractivity contribution in [1.82, 2.24) is 4.90 Å². The first-order valence-corrected chi connectivity index (χ1v) is 8.26. The molecule has 1 aliphatic heterocycles. The van der Waals surface area contributed by atoms with E-state index in [-0.39, 0.29) is 18.9 Å². The maximum absolute atomic E-state index is 12.9. The standard InChI is InChI=1S/C12H21FN2O3S/c13-19(17,18)11-5-12(16)15(8-11)7-10-3-1-2-9(4-10)6-14/h9-11H,1-8,14H2/t9-,10+,11?/m1/s1. The summed E-state index contributed by atoms with van der Waals surface area (Å²) in [5.74, 6) is 0.616. The molecule has 2 aliphatic rings. The topological polar surface area (TPSA) is 80.5 Å². The molecule has 0 aromatic rings. The summed E-state index contributed by atoms with van der Waals surface area (Å²) in [6, 6.07) is 0. The quantitative estimate of drug-likeness (QED) is 0.772. The predicted octanol–water partition coefficient (Wildman–Crippen LogP) is 0.652. The molecular weight excluding hydrogens is 271 g/mol. The summed E-state index contributed by atoms with van der Waals surface area (Å²) in [7, 11) is -4.61. The van der Waals surface area contributed by atoms with Crippen molar-refractivity contribution in [1.29, 1.82) is 0 Å². The SMILES string of the molecule is NC[C@@H]1CCC[C@H](CN2CC(S(=O)(=O)F)CC2=O)C1. The van der Waals surface area contributed by atoms with Crippen molar-refractivity contribution in [3.8, 4) is 0 Å². The molecule has 1 saturated carbocycles. The normalized spacial score (nSPS) is 32.8. The highest BCUT2D eigenvalue weighted by molar-refractivity contribution is 7.87. The van der Waals surface area contributed by atoms with E-state index in [1.165, 1.54) is 4.90 Å². The molecule has 1 saturated heterocycles. The lowest BCUT2D eigenvalue weighted by Crippen LogP contribution is -2.35. The Morgan fingerprint density at radius 3 is 2.58 bits per heavy atom. The lowest BCUT2D eigenvalue weighted by molar-refractivity contribution is -0.128. The number of hydrogen-bond acceptors (Lipinski definition) is 4. The van der Waals surface area contributed by atoms with Gasteiger partial charge in [-0.3, -0.25) is 4.79 Å². The number of nitrogens with zero attached hydrogens (tertiary/aromatic N) is 1. The van der Waals surface area contributed by atoms with Gasteiger partial charge >= 0.3 is 10.2 Å². The summed E-state index contributed by atoms with van der Waals surface area (Å²) in [6.07, 6.45) is 4.02. The molecule has 2 N–H and O–H groups in total. The molecule has 1 amide bonds. The second-order valence-electron chi connectivity index (χ2n) is 5.73. The van der Waals surface area contributed by atoms with Gasteiger partial charge < -0.3 is 10.6 Å². The Balaban J connectivity index is 1.91. The van der Waals surface area contributed by atoms with Crippen molar-refractivity contribution in [2.24, 2.45) is 17.6 Å². The first-order chi connectivity index (χ1) is 8.90. The van der Waals surface area contributed by atoms with Gasteiger partial charge in [-0.05, 0) is 37.6 Å². The van der Waals surface area contributed by atoms with Gasteiger partial charge in [0.2, 0.25) is 5.91 Å². The van der Waals surface area contributed by atoms with Crippen molar-refractivity contribution in [2.75, 3.05) is 19.6 Å². The number of nitrogens with two attached hydrogens (primary N) is 1. The molecule has 0 aromatic heterocycles. The average Bonchev–Trinajstić information content (AvgIpc) is 2.71.